The Balaban J connectivity index is 1.33. The van der Waals surface area contributed by atoms with Crippen molar-refractivity contribution in [2.75, 3.05) is 25.0 Å². The van der Waals surface area contributed by atoms with Crippen molar-refractivity contribution in [3.05, 3.63) is 30.5 Å². The Hall–Kier alpha value is -1.95. The summed E-state index contributed by atoms with van der Waals surface area (Å²) < 4.78 is 2.01. The third-order valence-electron chi connectivity index (χ3n) is 4.62. The first-order valence-corrected chi connectivity index (χ1v) is 8.71. The normalized spacial score (nSPS) is 19.0. The molecule has 6 heteroatoms. The van der Waals surface area contributed by atoms with Crippen LogP contribution in [0.5, 0.6) is 0 Å². The number of nitrogens with zero attached hydrogens (tertiary/aromatic N) is 5. The van der Waals surface area contributed by atoms with E-state index in [1.165, 1.54) is 45.2 Å². The van der Waals surface area contributed by atoms with Gasteiger partial charge in [0.25, 0.3) is 0 Å². The van der Waals surface area contributed by atoms with Crippen LogP contribution in [-0.4, -0.2) is 44.3 Å². The van der Waals surface area contributed by atoms with Gasteiger partial charge in [-0.3, -0.25) is 4.68 Å². The van der Waals surface area contributed by atoms with Gasteiger partial charge in [0.05, 0.1) is 18.4 Å². The van der Waals surface area contributed by atoms with Crippen LogP contribution in [0.2, 0.25) is 0 Å². The highest BCUT2D eigenvalue weighted by atomic mass is 15.3. The molecular weight excluding hydrogens is 288 g/mol. The van der Waals surface area contributed by atoms with E-state index >= 15 is 0 Å². The summed E-state index contributed by atoms with van der Waals surface area (Å²) in [6.07, 6.45) is 12.3. The highest BCUT2D eigenvalue weighted by Gasteiger charge is 2.26. The Kier molecular flexibility index (Phi) is 4.24. The second-order valence-corrected chi connectivity index (χ2v) is 6.59. The Morgan fingerprint density at radius 1 is 1.13 bits per heavy atom. The van der Waals surface area contributed by atoms with Crippen LogP contribution >= 0.6 is 0 Å². The molecule has 6 nitrogen and oxygen atoms in total. The first kappa shape index (κ1) is 14.6. The van der Waals surface area contributed by atoms with E-state index in [1.54, 1.807) is 0 Å². The van der Waals surface area contributed by atoms with Gasteiger partial charge in [-0.05, 0) is 44.8 Å². The van der Waals surface area contributed by atoms with Gasteiger partial charge in [-0.15, -0.1) is 0 Å². The molecule has 0 atom stereocenters. The maximum absolute atomic E-state index is 4.59. The molecule has 0 radical (unpaired) electrons. The van der Waals surface area contributed by atoms with Gasteiger partial charge in [0.15, 0.2) is 0 Å². The lowest BCUT2D eigenvalue weighted by Crippen LogP contribution is -2.32. The lowest BCUT2D eigenvalue weighted by atomic mass is 10.1. The van der Waals surface area contributed by atoms with Crippen molar-refractivity contribution >= 4 is 11.5 Å². The van der Waals surface area contributed by atoms with Gasteiger partial charge < -0.3 is 10.2 Å². The minimum absolute atomic E-state index is 0.573. The van der Waals surface area contributed by atoms with E-state index in [-0.39, 0.29) is 0 Å². The van der Waals surface area contributed by atoms with Gasteiger partial charge in [0.2, 0.25) is 0 Å². The number of hydrogen-bond donors (Lipinski definition) is 1. The molecule has 4 rings (SSSR count). The summed E-state index contributed by atoms with van der Waals surface area (Å²) in [5, 5.41) is 7.79. The molecule has 1 saturated heterocycles. The molecule has 1 aliphatic carbocycles. The van der Waals surface area contributed by atoms with Crippen molar-refractivity contribution < 1.29 is 0 Å². The smallest absolute Gasteiger partial charge is 0.134 e. The fourth-order valence-corrected chi connectivity index (χ4v) is 3.11. The Labute approximate surface area is 136 Å². The first-order chi connectivity index (χ1) is 11.4. The van der Waals surface area contributed by atoms with Crippen LogP contribution in [0.4, 0.5) is 11.5 Å². The largest absolute Gasteiger partial charge is 0.338 e. The van der Waals surface area contributed by atoms with Crippen LogP contribution in [0.3, 0.4) is 0 Å². The van der Waals surface area contributed by atoms with E-state index in [1.807, 2.05) is 23.1 Å². The molecule has 2 aromatic rings. The van der Waals surface area contributed by atoms with Crippen LogP contribution in [0, 0.1) is 0 Å². The molecular formula is C17H24N6. The molecule has 0 spiro atoms. The average Bonchev–Trinajstić information content (AvgIpc) is 3.35. The summed E-state index contributed by atoms with van der Waals surface area (Å²) in [7, 11) is 0. The van der Waals surface area contributed by atoms with Crippen molar-refractivity contribution in [2.24, 2.45) is 0 Å². The molecule has 1 aliphatic heterocycles. The lowest BCUT2D eigenvalue weighted by Gasteiger charge is -2.26. The zero-order valence-corrected chi connectivity index (χ0v) is 13.5. The standard InChI is InChI=1S/C17H24N6/c1-2-8-22(9-3-1)10-11-23-13-15(12-19-23)20-16-6-7-18-17(21-16)14-4-5-14/h6-7,12-14H,1-5,8-11H2,(H,18,20,21). The van der Waals surface area contributed by atoms with Crippen LogP contribution < -0.4 is 5.32 Å². The maximum atomic E-state index is 4.59. The summed E-state index contributed by atoms with van der Waals surface area (Å²) in [6, 6.07) is 1.91. The van der Waals surface area contributed by atoms with E-state index in [0.29, 0.717) is 5.92 Å². The molecule has 3 heterocycles. The third-order valence-corrected chi connectivity index (χ3v) is 4.62. The van der Waals surface area contributed by atoms with Crippen LogP contribution in [0.25, 0.3) is 0 Å². The lowest BCUT2D eigenvalue weighted by molar-refractivity contribution is 0.218. The summed E-state index contributed by atoms with van der Waals surface area (Å²) in [5.41, 5.74) is 0.990. The second-order valence-electron chi connectivity index (χ2n) is 6.59. The van der Waals surface area contributed by atoms with Crippen molar-refractivity contribution in [2.45, 2.75) is 44.6 Å². The summed E-state index contributed by atoms with van der Waals surface area (Å²) in [5.74, 6) is 2.40. The van der Waals surface area contributed by atoms with Gasteiger partial charge >= 0.3 is 0 Å². The van der Waals surface area contributed by atoms with E-state index in [9.17, 15) is 0 Å². The molecule has 2 fully saturated rings. The topological polar surface area (TPSA) is 58.9 Å². The number of anilines is 2. The van der Waals surface area contributed by atoms with E-state index in [4.69, 9.17) is 0 Å². The quantitative estimate of drug-likeness (QED) is 0.889. The highest BCUT2D eigenvalue weighted by Crippen LogP contribution is 2.38. The van der Waals surface area contributed by atoms with Gasteiger partial charge in [-0.25, -0.2) is 9.97 Å². The van der Waals surface area contributed by atoms with Crippen molar-refractivity contribution in [3.8, 4) is 0 Å². The first-order valence-electron chi connectivity index (χ1n) is 8.71. The third kappa shape index (κ3) is 3.88. The number of piperidine rings is 1. The van der Waals surface area contributed by atoms with E-state index in [0.717, 1.165) is 30.4 Å². The molecule has 2 aliphatic rings. The van der Waals surface area contributed by atoms with Gasteiger partial charge in [-0.2, -0.15) is 5.10 Å². The van der Waals surface area contributed by atoms with Crippen LogP contribution in [0.15, 0.2) is 24.7 Å². The van der Waals surface area contributed by atoms with Crippen LogP contribution in [0.1, 0.15) is 43.8 Å². The summed E-state index contributed by atoms with van der Waals surface area (Å²) in [6.45, 7) is 4.49. The van der Waals surface area contributed by atoms with Crippen LogP contribution in [-0.2, 0) is 6.54 Å². The molecule has 2 aromatic heterocycles. The van der Waals surface area contributed by atoms with Gasteiger partial charge in [0, 0.05) is 24.9 Å². The fraction of sp³-hybridized carbons (Fsp3) is 0.588. The molecule has 0 aromatic carbocycles. The van der Waals surface area contributed by atoms with E-state index < -0.39 is 0 Å². The van der Waals surface area contributed by atoms with Crippen molar-refractivity contribution in [1.82, 2.24) is 24.6 Å². The maximum Gasteiger partial charge on any atom is 0.134 e. The molecule has 23 heavy (non-hydrogen) atoms. The molecule has 1 saturated carbocycles. The number of hydrogen-bond acceptors (Lipinski definition) is 5. The summed E-state index contributed by atoms with van der Waals surface area (Å²) in [4.78, 5) is 11.5. The zero-order chi connectivity index (χ0) is 15.5. The Morgan fingerprint density at radius 2 is 2.00 bits per heavy atom. The van der Waals surface area contributed by atoms with Crippen molar-refractivity contribution in [3.63, 3.8) is 0 Å². The minimum Gasteiger partial charge on any atom is -0.338 e. The Bertz CT molecular complexity index is 642. The van der Waals surface area contributed by atoms with Gasteiger partial charge in [-0.1, -0.05) is 6.42 Å². The van der Waals surface area contributed by atoms with Gasteiger partial charge in [0.1, 0.15) is 11.6 Å². The molecule has 1 N–H and O–H groups in total. The zero-order valence-electron chi connectivity index (χ0n) is 13.5. The SMILES string of the molecule is c1cc(Nc2cnn(CCN3CCCCC3)c2)nc(C2CC2)n1. The number of aromatic nitrogens is 4. The number of nitrogens with one attached hydrogen (secondary N) is 1. The monoisotopic (exact) mass is 312 g/mol. The fourth-order valence-electron chi connectivity index (χ4n) is 3.11. The number of likely N-dealkylation sites (tertiary alicyclic amines) is 1. The van der Waals surface area contributed by atoms with Crippen molar-refractivity contribution in [1.29, 1.82) is 0 Å². The predicted molar refractivity (Wildman–Crippen MR) is 89.8 cm³/mol. The molecule has 0 unspecified atom stereocenters. The number of rotatable bonds is 6. The predicted octanol–water partition coefficient (Wildman–Crippen LogP) is 2.78. The second kappa shape index (κ2) is 6.66. The molecule has 0 bridgehead atoms. The molecule has 122 valence electrons. The summed E-state index contributed by atoms with van der Waals surface area (Å²) >= 11 is 0. The Morgan fingerprint density at radius 3 is 2.83 bits per heavy atom. The van der Waals surface area contributed by atoms with E-state index in [2.05, 4.69) is 31.5 Å². The molecule has 0 amide bonds. The highest BCUT2D eigenvalue weighted by molar-refractivity contribution is 5.53. The minimum atomic E-state index is 0.573. The average molecular weight is 312 g/mol.